The second kappa shape index (κ2) is 7.92. The summed E-state index contributed by atoms with van der Waals surface area (Å²) in [6.45, 7) is 2.81. The number of ketones is 2. The van der Waals surface area contributed by atoms with Crippen molar-refractivity contribution < 1.29 is 9.59 Å². The number of carbonyl (C=O) groups is 2. The van der Waals surface area contributed by atoms with Crippen LogP contribution in [0.25, 0.3) is 0 Å². The average molecular weight is 173 g/mol. The van der Waals surface area contributed by atoms with Crippen LogP contribution < -0.4 is 0 Å². The Morgan fingerprint density at radius 2 is 1.22 bits per heavy atom. The van der Waals surface area contributed by atoms with E-state index in [2.05, 4.69) is 0 Å². The molecule has 0 aliphatic carbocycles. The van der Waals surface area contributed by atoms with Crippen LogP contribution in [0.3, 0.4) is 0 Å². The number of hydrogen-bond acceptors (Lipinski definition) is 2. The van der Waals surface area contributed by atoms with Gasteiger partial charge in [0.1, 0.15) is 11.6 Å². The third-order valence-electron chi connectivity index (χ3n) is 0.498. The normalized spacial score (nSPS) is 6.44. The van der Waals surface area contributed by atoms with Gasteiger partial charge in [-0.1, -0.05) is 0 Å². The highest BCUT2D eigenvalue weighted by Crippen LogP contribution is 1.80. The molecule has 0 radical (unpaired) electrons. The first-order valence-electron chi connectivity index (χ1n) is 2.12. The number of carbonyl (C=O) groups excluding carboxylic acids is 2. The standard InChI is InChI=1S/C5H8O2.2ClH/c1-4(6)3-5(2)7;;/h3H2,1-2H3;2*1H. The van der Waals surface area contributed by atoms with Crippen molar-refractivity contribution in [1.82, 2.24) is 0 Å². The Bertz CT molecular complexity index is 89.1. The van der Waals surface area contributed by atoms with E-state index in [1.165, 1.54) is 13.8 Å². The molecule has 9 heavy (non-hydrogen) atoms. The van der Waals surface area contributed by atoms with Crippen LogP contribution in [-0.4, -0.2) is 11.6 Å². The third-order valence-corrected chi connectivity index (χ3v) is 0.498. The van der Waals surface area contributed by atoms with E-state index in [4.69, 9.17) is 0 Å². The molecule has 2 nitrogen and oxygen atoms in total. The molecular weight excluding hydrogens is 163 g/mol. The maximum Gasteiger partial charge on any atom is 0.137 e. The fraction of sp³-hybridized carbons (Fsp3) is 0.600. The SMILES string of the molecule is CC(=O)CC(C)=O.Cl.Cl. The Hall–Kier alpha value is -0.0800. The minimum Gasteiger partial charge on any atom is -0.300 e. The van der Waals surface area contributed by atoms with E-state index in [1.54, 1.807) is 0 Å². The minimum atomic E-state index is -0.0625. The lowest BCUT2D eigenvalue weighted by Crippen LogP contribution is -1.97. The molecule has 0 saturated carbocycles. The predicted octanol–water partition coefficient (Wildman–Crippen LogP) is 1.40. The monoisotopic (exact) mass is 172 g/mol. The molecule has 0 unspecified atom stereocenters. The van der Waals surface area contributed by atoms with E-state index in [1.807, 2.05) is 0 Å². The van der Waals surface area contributed by atoms with Gasteiger partial charge in [-0.2, -0.15) is 0 Å². The molecule has 0 aliphatic rings. The number of hydrogen-bond donors (Lipinski definition) is 0. The topological polar surface area (TPSA) is 34.1 Å². The van der Waals surface area contributed by atoms with E-state index in [0.717, 1.165) is 0 Å². The fourth-order valence-electron chi connectivity index (χ4n) is 0.351. The summed E-state index contributed by atoms with van der Waals surface area (Å²) < 4.78 is 0. The first-order valence-corrected chi connectivity index (χ1v) is 2.12. The average Bonchev–Trinajstić information content (AvgIpc) is 1.27. The Kier molecular flexibility index (Phi) is 14.0. The lowest BCUT2D eigenvalue weighted by Gasteiger charge is -1.81. The quantitative estimate of drug-likeness (QED) is 0.591. The summed E-state index contributed by atoms with van der Waals surface area (Å²) in [6, 6.07) is 0. The summed E-state index contributed by atoms with van der Waals surface area (Å²) in [5, 5.41) is 0. The van der Waals surface area contributed by atoms with E-state index >= 15 is 0 Å². The maximum atomic E-state index is 10.0. The van der Waals surface area contributed by atoms with Gasteiger partial charge in [-0.25, -0.2) is 0 Å². The summed E-state index contributed by atoms with van der Waals surface area (Å²) in [4.78, 5) is 20.1. The largest absolute Gasteiger partial charge is 0.300 e. The van der Waals surface area contributed by atoms with E-state index in [9.17, 15) is 9.59 Å². The highest BCUT2D eigenvalue weighted by Gasteiger charge is 1.94. The van der Waals surface area contributed by atoms with Gasteiger partial charge in [-0.05, 0) is 13.8 Å². The van der Waals surface area contributed by atoms with Crippen LogP contribution in [-0.2, 0) is 9.59 Å². The molecule has 0 aliphatic heterocycles. The summed E-state index contributed by atoms with van der Waals surface area (Å²) in [6.07, 6.45) is 0.0833. The van der Waals surface area contributed by atoms with Crippen molar-refractivity contribution in [3.63, 3.8) is 0 Å². The summed E-state index contributed by atoms with van der Waals surface area (Å²) in [5.74, 6) is -0.125. The molecular formula is C5H10Cl2O2. The highest BCUT2D eigenvalue weighted by molar-refractivity contribution is 5.96. The van der Waals surface area contributed by atoms with Crippen LogP contribution in [0, 0.1) is 0 Å². The zero-order valence-corrected chi connectivity index (χ0v) is 6.97. The fourth-order valence-corrected chi connectivity index (χ4v) is 0.351. The molecule has 0 N–H and O–H groups in total. The zero-order chi connectivity index (χ0) is 5.86. The van der Waals surface area contributed by atoms with Gasteiger partial charge in [-0.3, -0.25) is 9.59 Å². The first-order chi connectivity index (χ1) is 3.13. The smallest absolute Gasteiger partial charge is 0.137 e. The molecule has 4 heteroatoms. The lowest BCUT2D eigenvalue weighted by atomic mass is 10.2. The molecule has 0 aromatic rings. The number of rotatable bonds is 2. The predicted molar refractivity (Wildman–Crippen MR) is 40.5 cm³/mol. The highest BCUT2D eigenvalue weighted by atomic mass is 35.5. The molecule has 56 valence electrons. The van der Waals surface area contributed by atoms with Crippen LogP contribution in [0.15, 0.2) is 0 Å². The molecule has 0 bridgehead atoms. The second-order valence-corrected chi connectivity index (χ2v) is 1.58. The van der Waals surface area contributed by atoms with Crippen molar-refractivity contribution in [3.05, 3.63) is 0 Å². The zero-order valence-electron chi connectivity index (χ0n) is 5.34. The van der Waals surface area contributed by atoms with Crippen molar-refractivity contribution >= 4 is 36.4 Å². The van der Waals surface area contributed by atoms with Crippen LogP contribution in [0.2, 0.25) is 0 Å². The van der Waals surface area contributed by atoms with Gasteiger partial charge in [0.15, 0.2) is 0 Å². The van der Waals surface area contributed by atoms with Crippen LogP contribution >= 0.6 is 24.8 Å². The van der Waals surface area contributed by atoms with Crippen molar-refractivity contribution in [1.29, 1.82) is 0 Å². The summed E-state index contributed by atoms with van der Waals surface area (Å²) in [7, 11) is 0. The molecule has 0 heterocycles. The van der Waals surface area contributed by atoms with Crippen molar-refractivity contribution in [3.8, 4) is 0 Å². The van der Waals surface area contributed by atoms with Gasteiger partial charge < -0.3 is 0 Å². The molecule has 0 rings (SSSR count). The molecule has 0 aromatic heterocycles. The van der Waals surface area contributed by atoms with Crippen molar-refractivity contribution in [2.45, 2.75) is 20.3 Å². The Balaban J connectivity index is -0.000000180. The van der Waals surface area contributed by atoms with Gasteiger partial charge in [0.2, 0.25) is 0 Å². The van der Waals surface area contributed by atoms with Gasteiger partial charge in [0.25, 0.3) is 0 Å². The number of halogens is 2. The Labute approximate surface area is 66.8 Å². The van der Waals surface area contributed by atoms with Gasteiger partial charge in [0, 0.05) is 0 Å². The lowest BCUT2D eigenvalue weighted by molar-refractivity contribution is -0.124. The molecule has 0 atom stereocenters. The molecule has 0 amide bonds. The van der Waals surface area contributed by atoms with E-state index in [0.29, 0.717) is 0 Å². The first kappa shape index (κ1) is 16.0. The van der Waals surface area contributed by atoms with Crippen molar-refractivity contribution in [2.24, 2.45) is 0 Å². The Morgan fingerprint density at radius 3 is 1.22 bits per heavy atom. The molecule has 0 saturated heterocycles. The minimum absolute atomic E-state index is 0. The van der Waals surface area contributed by atoms with Crippen molar-refractivity contribution in [2.75, 3.05) is 0 Å². The third kappa shape index (κ3) is 18.1. The summed E-state index contributed by atoms with van der Waals surface area (Å²) >= 11 is 0. The van der Waals surface area contributed by atoms with E-state index in [-0.39, 0.29) is 42.8 Å². The molecule has 0 aromatic carbocycles. The Morgan fingerprint density at radius 1 is 1.00 bits per heavy atom. The number of Topliss-reactive ketones (excluding diaryl/α,β-unsaturated/α-hetero) is 2. The second-order valence-electron chi connectivity index (χ2n) is 1.58. The van der Waals surface area contributed by atoms with Gasteiger partial charge in [0.05, 0.1) is 6.42 Å². The molecule has 0 fully saturated rings. The van der Waals surface area contributed by atoms with Crippen LogP contribution in [0.4, 0.5) is 0 Å². The van der Waals surface area contributed by atoms with Gasteiger partial charge in [-0.15, -0.1) is 24.8 Å². The van der Waals surface area contributed by atoms with E-state index < -0.39 is 0 Å². The summed E-state index contributed by atoms with van der Waals surface area (Å²) in [5.41, 5.74) is 0. The van der Waals surface area contributed by atoms with Gasteiger partial charge >= 0.3 is 0 Å². The molecule has 0 spiro atoms. The maximum absolute atomic E-state index is 10.0. The van der Waals surface area contributed by atoms with Crippen LogP contribution in [0.5, 0.6) is 0 Å². The van der Waals surface area contributed by atoms with Crippen LogP contribution in [0.1, 0.15) is 20.3 Å².